The highest BCUT2D eigenvalue weighted by Crippen LogP contribution is 2.30. The van der Waals surface area contributed by atoms with Crippen LogP contribution in [0.25, 0.3) is 0 Å². The SMILES string of the molecule is CNC(=O)c1ccc(NC(=O)CN2C(=O)N[C@@](C)(c3ccc(C(C)C)cc3)C2=O)cc1. The van der Waals surface area contributed by atoms with E-state index in [1.807, 2.05) is 24.3 Å². The van der Waals surface area contributed by atoms with Crippen molar-refractivity contribution >= 4 is 29.4 Å². The minimum Gasteiger partial charge on any atom is -0.355 e. The fourth-order valence-electron chi connectivity index (χ4n) is 3.43. The molecule has 1 aliphatic heterocycles. The monoisotopic (exact) mass is 422 g/mol. The minimum absolute atomic E-state index is 0.238. The average molecular weight is 422 g/mol. The van der Waals surface area contributed by atoms with E-state index in [2.05, 4.69) is 29.8 Å². The summed E-state index contributed by atoms with van der Waals surface area (Å²) < 4.78 is 0. The first kappa shape index (κ1) is 22.0. The third kappa shape index (κ3) is 4.42. The molecule has 1 aliphatic rings. The molecule has 5 amide bonds. The molecule has 162 valence electrons. The Bertz CT molecular complexity index is 1010. The molecule has 8 heteroatoms. The highest BCUT2D eigenvalue weighted by molar-refractivity contribution is 6.10. The zero-order valence-electron chi connectivity index (χ0n) is 18.0. The number of hydrogen-bond acceptors (Lipinski definition) is 4. The van der Waals surface area contributed by atoms with Crippen LogP contribution in [0, 0.1) is 0 Å². The van der Waals surface area contributed by atoms with E-state index < -0.39 is 29.9 Å². The third-order valence-corrected chi connectivity index (χ3v) is 5.39. The van der Waals surface area contributed by atoms with Crippen molar-refractivity contribution in [2.75, 3.05) is 18.9 Å². The standard InChI is InChI=1S/C23H26N4O4/c1-14(2)15-5-9-17(10-6-15)23(3)21(30)27(22(31)26-23)13-19(28)25-18-11-7-16(8-12-18)20(29)24-4/h5-12,14H,13H2,1-4H3,(H,24,29)(H,25,28)(H,26,31)/t23-/m0/s1. The number of carbonyl (C=O) groups is 4. The van der Waals surface area contributed by atoms with Crippen molar-refractivity contribution < 1.29 is 19.2 Å². The molecule has 3 N–H and O–H groups in total. The molecular formula is C23H26N4O4. The zero-order valence-corrected chi connectivity index (χ0v) is 18.0. The van der Waals surface area contributed by atoms with Crippen molar-refractivity contribution in [1.29, 1.82) is 0 Å². The molecule has 1 heterocycles. The number of hydrogen-bond donors (Lipinski definition) is 3. The number of carbonyl (C=O) groups excluding carboxylic acids is 4. The van der Waals surface area contributed by atoms with E-state index in [-0.39, 0.29) is 5.91 Å². The van der Waals surface area contributed by atoms with Gasteiger partial charge in [-0.15, -0.1) is 0 Å². The van der Waals surface area contributed by atoms with Crippen molar-refractivity contribution in [3.05, 3.63) is 65.2 Å². The van der Waals surface area contributed by atoms with E-state index in [9.17, 15) is 19.2 Å². The van der Waals surface area contributed by atoms with Gasteiger partial charge in [0.1, 0.15) is 12.1 Å². The van der Waals surface area contributed by atoms with Crippen LogP contribution in [0.4, 0.5) is 10.5 Å². The number of amides is 5. The predicted octanol–water partition coefficient (Wildman–Crippen LogP) is 2.58. The van der Waals surface area contributed by atoms with Crippen LogP contribution in [-0.2, 0) is 15.1 Å². The first-order chi connectivity index (χ1) is 14.7. The molecule has 0 spiro atoms. The maximum absolute atomic E-state index is 13.0. The van der Waals surface area contributed by atoms with Gasteiger partial charge in [-0.1, -0.05) is 38.1 Å². The topological polar surface area (TPSA) is 108 Å². The molecule has 31 heavy (non-hydrogen) atoms. The fraction of sp³-hybridized carbons (Fsp3) is 0.304. The van der Waals surface area contributed by atoms with E-state index in [0.29, 0.717) is 22.7 Å². The molecule has 0 unspecified atom stereocenters. The molecule has 2 aromatic rings. The summed E-state index contributed by atoms with van der Waals surface area (Å²) in [6.07, 6.45) is 0. The number of nitrogens with one attached hydrogen (secondary N) is 3. The maximum atomic E-state index is 13.0. The van der Waals surface area contributed by atoms with Gasteiger partial charge in [-0.05, 0) is 48.2 Å². The Morgan fingerprint density at radius 1 is 1.03 bits per heavy atom. The largest absolute Gasteiger partial charge is 0.355 e. The van der Waals surface area contributed by atoms with E-state index in [4.69, 9.17) is 0 Å². The van der Waals surface area contributed by atoms with Crippen LogP contribution in [0.5, 0.6) is 0 Å². The van der Waals surface area contributed by atoms with Gasteiger partial charge in [-0.2, -0.15) is 0 Å². The summed E-state index contributed by atoms with van der Waals surface area (Å²) in [5.74, 6) is -0.894. The van der Waals surface area contributed by atoms with Gasteiger partial charge in [0.05, 0.1) is 0 Å². The Balaban J connectivity index is 1.69. The lowest BCUT2D eigenvalue weighted by atomic mass is 9.90. The number of nitrogens with zero attached hydrogens (tertiary/aromatic N) is 1. The van der Waals surface area contributed by atoms with Crippen LogP contribution in [0.15, 0.2) is 48.5 Å². The van der Waals surface area contributed by atoms with Gasteiger partial charge in [-0.3, -0.25) is 19.3 Å². The second-order valence-electron chi connectivity index (χ2n) is 7.93. The van der Waals surface area contributed by atoms with Crippen molar-refractivity contribution in [3.63, 3.8) is 0 Å². The van der Waals surface area contributed by atoms with Crippen molar-refractivity contribution in [2.24, 2.45) is 0 Å². The number of urea groups is 1. The van der Waals surface area contributed by atoms with Gasteiger partial charge in [0.2, 0.25) is 5.91 Å². The third-order valence-electron chi connectivity index (χ3n) is 5.39. The fourth-order valence-corrected chi connectivity index (χ4v) is 3.43. The molecule has 2 aromatic carbocycles. The summed E-state index contributed by atoms with van der Waals surface area (Å²) in [4.78, 5) is 50.4. The zero-order chi connectivity index (χ0) is 22.8. The Morgan fingerprint density at radius 3 is 2.19 bits per heavy atom. The number of benzene rings is 2. The molecule has 8 nitrogen and oxygen atoms in total. The van der Waals surface area contributed by atoms with Gasteiger partial charge in [0, 0.05) is 18.3 Å². The maximum Gasteiger partial charge on any atom is 0.325 e. The number of rotatable bonds is 6. The minimum atomic E-state index is -1.23. The highest BCUT2D eigenvalue weighted by atomic mass is 16.2. The molecule has 0 saturated carbocycles. The smallest absolute Gasteiger partial charge is 0.325 e. The molecule has 1 fully saturated rings. The second kappa shape index (κ2) is 8.59. The Kier molecular flexibility index (Phi) is 6.10. The van der Waals surface area contributed by atoms with E-state index in [0.717, 1.165) is 10.5 Å². The first-order valence-electron chi connectivity index (χ1n) is 10.0. The van der Waals surface area contributed by atoms with E-state index >= 15 is 0 Å². The summed E-state index contributed by atoms with van der Waals surface area (Å²) in [5.41, 5.74) is 1.46. The van der Waals surface area contributed by atoms with E-state index in [1.54, 1.807) is 31.2 Å². The first-order valence-corrected chi connectivity index (χ1v) is 10.0. The van der Waals surface area contributed by atoms with Crippen molar-refractivity contribution in [2.45, 2.75) is 32.2 Å². The van der Waals surface area contributed by atoms with Crippen LogP contribution < -0.4 is 16.0 Å². The Morgan fingerprint density at radius 2 is 1.65 bits per heavy atom. The Hall–Kier alpha value is -3.68. The lowest BCUT2D eigenvalue weighted by molar-refractivity contribution is -0.133. The predicted molar refractivity (Wildman–Crippen MR) is 117 cm³/mol. The second-order valence-corrected chi connectivity index (χ2v) is 7.93. The molecule has 0 aromatic heterocycles. The van der Waals surface area contributed by atoms with Gasteiger partial charge in [0.15, 0.2) is 0 Å². The average Bonchev–Trinajstić information content (AvgIpc) is 2.97. The molecule has 3 rings (SSSR count). The molecule has 0 radical (unpaired) electrons. The molecule has 1 saturated heterocycles. The molecule has 0 aliphatic carbocycles. The molecule has 1 atom stereocenters. The van der Waals surface area contributed by atoms with Crippen molar-refractivity contribution in [1.82, 2.24) is 15.5 Å². The van der Waals surface area contributed by atoms with Crippen LogP contribution in [0.2, 0.25) is 0 Å². The highest BCUT2D eigenvalue weighted by Gasteiger charge is 2.49. The van der Waals surface area contributed by atoms with Gasteiger partial charge in [0.25, 0.3) is 11.8 Å². The summed E-state index contributed by atoms with van der Waals surface area (Å²) in [7, 11) is 1.53. The van der Waals surface area contributed by atoms with E-state index in [1.165, 1.54) is 7.05 Å². The molecule has 0 bridgehead atoms. The van der Waals surface area contributed by atoms with Crippen LogP contribution in [-0.4, -0.2) is 42.2 Å². The van der Waals surface area contributed by atoms with Crippen LogP contribution in [0.3, 0.4) is 0 Å². The van der Waals surface area contributed by atoms with Gasteiger partial charge < -0.3 is 16.0 Å². The normalized spacial score (nSPS) is 18.2. The lowest BCUT2D eigenvalue weighted by Gasteiger charge is -2.22. The van der Waals surface area contributed by atoms with Crippen LogP contribution >= 0.6 is 0 Å². The summed E-state index contributed by atoms with van der Waals surface area (Å²) in [5, 5.41) is 7.85. The van der Waals surface area contributed by atoms with Gasteiger partial charge >= 0.3 is 6.03 Å². The number of imide groups is 1. The summed E-state index contributed by atoms with van der Waals surface area (Å²) in [6.45, 7) is 5.37. The van der Waals surface area contributed by atoms with Gasteiger partial charge in [-0.25, -0.2) is 4.79 Å². The molecular weight excluding hydrogens is 396 g/mol. The van der Waals surface area contributed by atoms with Crippen LogP contribution in [0.1, 0.15) is 48.2 Å². The lowest BCUT2D eigenvalue weighted by Crippen LogP contribution is -2.42. The summed E-state index contributed by atoms with van der Waals surface area (Å²) in [6, 6.07) is 13.2. The number of anilines is 1. The Labute approximate surface area is 181 Å². The quantitative estimate of drug-likeness (QED) is 0.622. The summed E-state index contributed by atoms with van der Waals surface area (Å²) >= 11 is 0. The van der Waals surface area contributed by atoms with Crippen molar-refractivity contribution in [3.8, 4) is 0 Å².